The number of methoxy groups -OCH3 is 1. The third-order valence-corrected chi connectivity index (χ3v) is 5.12. The van der Waals surface area contributed by atoms with Crippen LogP contribution < -0.4 is 10.3 Å². The van der Waals surface area contributed by atoms with Gasteiger partial charge in [0, 0.05) is 6.42 Å². The van der Waals surface area contributed by atoms with Crippen molar-refractivity contribution < 1.29 is 19.1 Å². The van der Waals surface area contributed by atoms with Crippen LogP contribution in [0.1, 0.15) is 35.1 Å². The third kappa shape index (κ3) is 4.45. The Balaban J connectivity index is 1.77. The number of fused-ring (bicyclic) bond motifs is 1. The molecule has 1 N–H and O–H groups in total. The molecule has 0 saturated carbocycles. The van der Waals surface area contributed by atoms with Gasteiger partial charge in [-0.25, -0.2) is 4.98 Å². The van der Waals surface area contributed by atoms with Crippen LogP contribution in [0.15, 0.2) is 34.4 Å². The lowest BCUT2D eigenvalue weighted by Crippen LogP contribution is -2.17. The number of aromatic nitrogens is 2. The van der Waals surface area contributed by atoms with Crippen molar-refractivity contribution in [3.63, 3.8) is 0 Å². The maximum atomic E-state index is 12.5. The number of nitrogens with one attached hydrogen (secondary N) is 1. The average molecular weight is 400 g/mol. The van der Waals surface area contributed by atoms with Gasteiger partial charge in [-0.05, 0) is 42.0 Å². The largest absolute Gasteiger partial charge is 0.497 e. The zero-order valence-corrected chi connectivity index (χ0v) is 16.4. The lowest BCUT2D eigenvalue weighted by Gasteiger charge is -2.04. The number of aryl methyl sites for hydroxylation is 1. The molecule has 0 fully saturated rings. The van der Waals surface area contributed by atoms with Crippen LogP contribution in [-0.4, -0.2) is 35.4 Å². The SMILES string of the molecule is CCOC(=O)Cc1csc2nc(C(=O)CCc3cccc(OC)c3)[nH]c(=O)c12. The Morgan fingerprint density at radius 3 is 2.86 bits per heavy atom. The van der Waals surface area contributed by atoms with Crippen molar-refractivity contribution in [2.75, 3.05) is 13.7 Å². The molecule has 3 aromatic rings. The van der Waals surface area contributed by atoms with Gasteiger partial charge in [0.2, 0.25) is 0 Å². The molecule has 8 heteroatoms. The van der Waals surface area contributed by atoms with Crippen LogP contribution in [0.4, 0.5) is 0 Å². The summed E-state index contributed by atoms with van der Waals surface area (Å²) >= 11 is 1.23. The first-order chi connectivity index (χ1) is 13.5. The smallest absolute Gasteiger partial charge is 0.310 e. The van der Waals surface area contributed by atoms with Crippen LogP contribution in [0.5, 0.6) is 5.75 Å². The molecule has 0 saturated heterocycles. The summed E-state index contributed by atoms with van der Waals surface area (Å²) in [5.41, 5.74) is 1.10. The van der Waals surface area contributed by atoms with Crippen LogP contribution in [-0.2, 0) is 22.4 Å². The fraction of sp³-hybridized carbons (Fsp3) is 0.300. The van der Waals surface area contributed by atoms with Crippen molar-refractivity contribution in [1.82, 2.24) is 9.97 Å². The number of aromatic amines is 1. The number of Topliss-reactive ketones (excluding diaryl/α,β-unsaturated/α-hetero) is 1. The van der Waals surface area contributed by atoms with Crippen molar-refractivity contribution in [3.05, 3.63) is 57.0 Å². The molecule has 7 nitrogen and oxygen atoms in total. The molecule has 0 amide bonds. The highest BCUT2D eigenvalue weighted by atomic mass is 32.1. The molecular weight excluding hydrogens is 380 g/mol. The van der Waals surface area contributed by atoms with Gasteiger partial charge >= 0.3 is 5.97 Å². The zero-order chi connectivity index (χ0) is 20.1. The van der Waals surface area contributed by atoms with Gasteiger partial charge < -0.3 is 14.5 Å². The van der Waals surface area contributed by atoms with E-state index in [4.69, 9.17) is 9.47 Å². The van der Waals surface area contributed by atoms with Crippen LogP contribution in [0, 0.1) is 0 Å². The highest BCUT2D eigenvalue weighted by Crippen LogP contribution is 2.22. The second kappa shape index (κ2) is 8.79. The molecule has 0 aliphatic rings. The van der Waals surface area contributed by atoms with Crippen molar-refractivity contribution in [1.29, 1.82) is 0 Å². The van der Waals surface area contributed by atoms with Gasteiger partial charge in [0.15, 0.2) is 11.6 Å². The van der Waals surface area contributed by atoms with Crippen molar-refractivity contribution in [2.45, 2.75) is 26.2 Å². The fourth-order valence-electron chi connectivity index (χ4n) is 2.84. The lowest BCUT2D eigenvalue weighted by atomic mass is 10.1. The predicted octanol–water partition coefficient (Wildman–Crippen LogP) is 2.91. The number of ether oxygens (including phenoxy) is 2. The fourth-order valence-corrected chi connectivity index (χ4v) is 3.78. The summed E-state index contributed by atoms with van der Waals surface area (Å²) in [6.07, 6.45) is 0.723. The molecule has 0 aliphatic heterocycles. The van der Waals surface area contributed by atoms with Gasteiger partial charge in [-0.2, -0.15) is 0 Å². The van der Waals surface area contributed by atoms with E-state index in [-0.39, 0.29) is 31.1 Å². The van der Waals surface area contributed by atoms with E-state index < -0.39 is 11.5 Å². The monoisotopic (exact) mass is 400 g/mol. The van der Waals surface area contributed by atoms with Crippen molar-refractivity contribution in [3.8, 4) is 5.75 Å². The van der Waals surface area contributed by atoms with E-state index in [1.165, 1.54) is 11.3 Å². The second-order valence-electron chi connectivity index (χ2n) is 6.11. The Kier molecular flexibility index (Phi) is 6.20. The Morgan fingerprint density at radius 2 is 2.11 bits per heavy atom. The van der Waals surface area contributed by atoms with E-state index in [1.807, 2.05) is 24.3 Å². The number of H-pyrrole nitrogens is 1. The first kappa shape index (κ1) is 19.8. The maximum Gasteiger partial charge on any atom is 0.310 e. The summed E-state index contributed by atoms with van der Waals surface area (Å²) in [5, 5.41) is 2.04. The van der Waals surface area contributed by atoms with Crippen LogP contribution in [0.3, 0.4) is 0 Å². The summed E-state index contributed by atoms with van der Waals surface area (Å²) in [7, 11) is 1.59. The number of ketones is 1. The minimum Gasteiger partial charge on any atom is -0.497 e. The standard InChI is InChI=1S/C20H20N2O5S/c1-3-27-16(24)10-13-11-28-20-17(13)19(25)21-18(22-20)15(23)8-7-12-5-4-6-14(9-12)26-2/h4-6,9,11H,3,7-8,10H2,1-2H3,(H,21,22,25). The van der Waals surface area contributed by atoms with Gasteiger partial charge in [-0.15, -0.1) is 11.3 Å². The average Bonchev–Trinajstić information content (AvgIpc) is 3.09. The number of hydrogen-bond donors (Lipinski definition) is 1. The molecule has 1 aromatic carbocycles. The highest BCUT2D eigenvalue weighted by molar-refractivity contribution is 7.16. The summed E-state index contributed by atoms with van der Waals surface area (Å²) in [4.78, 5) is 44.0. The van der Waals surface area contributed by atoms with Crippen molar-refractivity contribution >= 4 is 33.3 Å². The molecule has 0 radical (unpaired) electrons. The molecule has 2 heterocycles. The number of thiophene rings is 1. The molecule has 3 rings (SSSR count). The number of carbonyl (C=O) groups excluding carboxylic acids is 2. The number of benzene rings is 1. The summed E-state index contributed by atoms with van der Waals surface area (Å²) < 4.78 is 10.1. The Labute approximate surface area is 165 Å². The number of esters is 1. The minimum atomic E-state index is -0.421. The number of nitrogens with zero attached hydrogens (tertiary/aromatic N) is 1. The van der Waals surface area contributed by atoms with Gasteiger partial charge in [-0.3, -0.25) is 14.4 Å². The summed E-state index contributed by atoms with van der Waals surface area (Å²) in [6, 6.07) is 7.48. The van der Waals surface area contributed by atoms with Gasteiger partial charge in [0.05, 0.1) is 25.5 Å². The molecule has 0 bridgehead atoms. The highest BCUT2D eigenvalue weighted by Gasteiger charge is 2.17. The number of rotatable bonds is 8. The molecule has 146 valence electrons. The summed E-state index contributed by atoms with van der Waals surface area (Å²) in [6.45, 7) is 2.00. The molecule has 2 aromatic heterocycles. The zero-order valence-electron chi connectivity index (χ0n) is 15.6. The van der Waals surface area contributed by atoms with Crippen molar-refractivity contribution in [2.24, 2.45) is 0 Å². The Hall–Kier alpha value is -3.00. The number of carbonyl (C=O) groups is 2. The lowest BCUT2D eigenvalue weighted by molar-refractivity contribution is -0.142. The van der Waals surface area contributed by atoms with Crippen LogP contribution in [0.25, 0.3) is 10.2 Å². The number of hydrogen-bond acceptors (Lipinski definition) is 7. The van der Waals surface area contributed by atoms with E-state index in [0.717, 1.165) is 11.3 Å². The van der Waals surface area contributed by atoms with Gasteiger partial charge in [0.25, 0.3) is 5.56 Å². The van der Waals surface area contributed by atoms with E-state index in [9.17, 15) is 14.4 Å². The maximum absolute atomic E-state index is 12.5. The summed E-state index contributed by atoms with van der Waals surface area (Å²) in [5.74, 6) is 0.109. The topological polar surface area (TPSA) is 98.3 Å². The molecule has 0 unspecified atom stereocenters. The van der Waals surface area contributed by atoms with E-state index in [1.54, 1.807) is 19.4 Å². The van der Waals surface area contributed by atoms with Crippen LogP contribution >= 0.6 is 11.3 Å². The Morgan fingerprint density at radius 1 is 1.29 bits per heavy atom. The van der Waals surface area contributed by atoms with E-state index in [2.05, 4.69) is 9.97 Å². The molecule has 0 aliphatic carbocycles. The normalized spacial score (nSPS) is 10.8. The first-order valence-electron chi connectivity index (χ1n) is 8.84. The molecule has 0 spiro atoms. The Bertz CT molecular complexity index is 1070. The minimum absolute atomic E-state index is 0.00172. The second-order valence-corrected chi connectivity index (χ2v) is 6.97. The van der Waals surface area contributed by atoms with E-state index in [0.29, 0.717) is 22.2 Å². The van der Waals surface area contributed by atoms with Crippen LogP contribution in [0.2, 0.25) is 0 Å². The van der Waals surface area contributed by atoms with E-state index >= 15 is 0 Å². The third-order valence-electron chi connectivity index (χ3n) is 4.20. The molecule has 0 atom stereocenters. The first-order valence-corrected chi connectivity index (χ1v) is 9.72. The van der Waals surface area contributed by atoms with Gasteiger partial charge in [0.1, 0.15) is 10.6 Å². The predicted molar refractivity (Wildman–Crippen MR) is 106 cm³/mol. The molecule has 28 heavy (non-hydrogen) atoms. The van der Waals surface area contributed by atoms with Gasteiger partial charge in [-0.1, -0.05) is 12.1 Å². The molecular formula is C20H20N2O5S. The quantitative estimate of drug-likeness (QED) is 0.461.